The lowest BCUT2D eigenvalue weighted by Gasteiger charge is -2.25. The van der Waals surface area contributed by atoms with Gasteiger partial charge in [0.2, 0.25) is 0 Å². The molecule has 1 atom stereocenters. The van der Waals surface area contributed by atoms with Crippen LogP contribution in [0.3, 0.4) is 0 Å². The number of ether oxygens (including phenoxy) is 3. The highest BCUT2D eigenvalue weighted by Crippen LogP contribution is 2.34. The lowest BCUT2D eigenvalue weighted by Crippen LogP contribution is -2.38. The fraction of sp³-hybridized carbons (Fsp3) is 0.360. The van der Waals surface area contributed by atoms with Crippen LogP contribution in [-0.4, -0.2) is 60.2 Å². The van der Waals surface area contributed by atoms with Crippen molar-refractivity contribution in [2.75, 3.05) is 33.9 Å². The topological polar surface area (TPSA) is 65.3 Å². The number of thiazole rings is 1. The van der Waals surface area contributed by atoms with E-state index in [-0.39, 0.29) is 12.0 Å². The summed E-state index contributed by atoms with van der Waals surface area (Å²) in [4.78, 5) is 21.6. The maximum atomic E-state index is 13.2. The van der Waals surface area contributed by atoms with E-state index in [9.17, 15) is 4.79 Å². The molecule has 1 fully saturated rings. The van der Waals surface area contributed by atoms with E-state index in [1.54, 1.807) is 25.6 Å². The molecule has 1 unspecified atom stereocenters. The minimum Gasteiger partial charge on any atom is -0.497 e. The maximum absolute atomic E-state index is 13.2. The van der Waals surface area contributed by atoms with Crippen LogP contribution in [0.5, 0.6) is 11.5 Å². The summed E-state index contributed by atoms with van der Waals surface area (Å²) < 4.78 is 18.9. The highest BCUT2D eigenvalue weighted by Gasteiger charge is 2.24. The van der Waals surface area contributed by atoms with Crippen molar-refractivity contribution in [2.24, 2.45) is 0 Å². The van der Waals surface area contributed by atoms with Crippen LogP contribution in [0.4, 0.5) is 0 Å². The third-order valence-corrected chi connectivity index (χ3v) is 7.82. The van der Waals surface area contributed by atoms with Gasteiger partial charge < -0.3 is 19.1 Å². The number of carbonyl (C=O) groups excluding carboxylic acids is 1. The minimum atomic E-state index is 0.0735. The number of benzene rings is 1. The first-order chi connectivity index (χ1) is 16.7. The van der Waals surface area contributed by atoms with Gasteiger partial charge in [0.1, 0.15) is 11.5 Å². The molecule has 4 heterocycles. The number of nitrogens with zero attached hydrogens (tertiary/aromatic N) is 3. The second-order valence-corrected chi connectivity index (χ2v) is 9.97. The molecule has 9 heteroatoms. The molecule has 7 nitrogen and oxygen atoms in total. The van der Waals surface area contributed by atoms with Crippen molar-refractivity contribution in [1.29, 1.82) is 0 Å². The predicted molar refractivity (Wildman–Crippen MR) is 135 cm³/mol. The molecule has 0 N–H and O–H groups in total. The fourth-order valence-electron chi connectivity index (χ4n) is 4.27. The molecule has 4 aromatic rings. The van der Waals surface area contributed by atoms with Crippen LogP contribution < -0.4 is 9.47 Å². The number of hydrogen-bond acceptors (Lipinski definition) is 7. The molecule has 0 saturated carbocycles. The second kappa shape index (κ2) is 10.2. The molecule has 1 aromatic carbocycles. The Labute approximate surface area is 206 Å². The summed E-state index contributed by atoms with van der Waals surface area (Å²) in [5.41, 5.74) is 2.84. The number of amides is 1. The molecule has 3 aromatic heterocycles. The molecule has 1 aliphatic rings. The number of methoxy groups -OCH3 is 2. The summed E-state index contributed by atoms with van der Waals surface area (Å²) in [6, 6.07) is 9.52. The Balaban J connectivity index is 1.38. The normalized spacial score (nSPS) is 15.6. The molecule has 1 aliphatic heterocycles. The monoisotopic (exact) mass is 497 g/mol. The van der Waals surface area contributed by atoms with Gasteiger partial charge in [-0.15, -0.1) is 22.7 Å². The van der Waals surface area contributed by atoms with Crippen molar-refractivity contribution >= 4 is 33.5 Å². The van der Waals surface area contributed by atoms with Crippen molar-refractivity contribution in [1.82, 2.24) is 14.3 Å². The van der Waals surface area contributed by atoms with E-state index in [2.05, 4.69) is 9.78 Å². The Kier molecular flexibility index (Phi) is 6.85. The number of carbonyl (C=O) groups is 1. The van der Waals surface area contributed by atoms with Crippen molar-refractivity contribution < 1.29 is 19.0 Å². The van der Waals surface area contributed by atoms with Gasteiger partial charge in [0.15, 0.2) is 4.96 Å². The molecule has 5 rings (SSSR count). The first-order valence-corrected chi connectivity index (χ1v) is 13.0. The summed E-state index contributed by atoms with van der Waals surface area (Å²) >= 11 is 3.08. The average molecular weight is 498 g/mol. The summed E-state index contributed by atoms with van der Waals surface area (Å²) in [5.74, 6) is 1.58. The van der Waals surface area contributed by atoms with E-state index < -0.39 is 0 Å². The first kappa shape index (κ1) is 22.9. The largest absolute Gasteiger partial charge is 0.497 e. The zero-order chi connectivity index (χ0) is 23.5. The van der Waals surface area contributed by atoms with Crippen LogP contribution >= 0.6 is 22.7 Å². The zero-order valence-corrected chi connectivity index (χ0v) is 20.9. The highest BCUT2D eigenvalue weighted by atomic mass is 32.1. The fourth-order valence-corrected chi connectivity index (χ4v) is 5.87. The summed E-state index contributed by atoms with van der Waals surface area (Å²) in [6.45, 7) is 2.03. The number of imidazole rings is 1. The molecule has 34 heavy (non-hydrogen) atoms. The third kappa shape index (κ3) is 4.68. The number of aromatic nitrogens is 2. The Morgan fingerprint density at radius 3 is 2.91 bits per heavy atom. The molecular formula is C25H27N3O4S2. The molecule has 1 amide bonds. The molecule has 178 valence electrons. The summed E-state index contributed by atoms with van der Waals surface area (Å²) in [6.07, 6.45) is 4.94. The Morgan fingerprint density at radius 1 is 1.26 bits per heavy atom. The van der Waals surface area contributed by atoms with Gasteiger partial charge in [0, 0.05) is 49.0 Å². The van der Waals surface area contributed by atoms with Gasteiger partial charge in [0.05, 0.1) is 30.9 Å². The van der Waals surface area contributed by atoms with E-state index in [1.807, 2.05) is 46.8 Å². The van der Waals surface area contributed by atoms with E-state index in [1.165, 1.54) is 11.3 Å². The third-order valence-electron chi connectivity index (χ3n) is 6.07. The smallest absolute Gasteiger partial charge is 0.264 e. The summed E-state index contributed by atoms with van der Waals surface area (Å²) in [7, 11) is 3.30. The molecule has 0 aliphatic carbocycles. The number of fused-ring (bicyclic) bond motifs is 1. The van der Waals surface area contributed by atoms with Gasteiger partial charge in [-0.05, 0) is 42.5 Å². The first-order valence-electron chi connectivity index (χ1n) is 11.3. The van der Waals surface area contributed by atoms with Crippen LogP contribution in [0.25, 0.3) is 16.2 Å². The molecule has 0 bridgehead atoms. The Bertz CT molecular complexity index is 1260. The van der Waals surface area contributed by atoms with Gasteiger partial charge in [-0.2, -0.15) is 0 Å². The lowest BCUT2D eigenvalue weighted by molar-refractivity contribution is 0.0532. The van der Waals surface area contributed by atoms with Crippen molar-refractivity contribution in [2.45, 2.75) is 25.4 Å². The van der Waals surface area contributed by atoms with Gasteiger partial charge in [-0.25, -0.2) is 4.98 Å². The number of hydrogen-bond donors (Lipinski definition) is 0. The van der Waals surface area contributed by atoms with Gasteiger partial charge in [0.25, 0.3) is 5.91 Å². The van der Waals surface area contributed by atoms with Crippen LogP contribution in [0.15, 0.2) is 47.3 Å². The second-order valence-electron chi connectivity index (χ2n) is 8.19. The van der Waals surface area contributed by atoms with Gasteiger partial charge in [-0.1, -0.05) is 6.07 Å². The SMILES string of the molecule is COc1ccc(OC)c(-c2cn3c(CCN(CC4CCCO4)C(=O)c4cccs4)csc3n2)c1. The minimum absolute atomic E-state index is 0.0735. The van der Waals surface area contributed by atoms with Crippen molar-refractivity contribution in [3.05, 3.63) is 57.9 Å². The molecule has 1 saturated heterocycles. The van der Waals surface area contributed by atoms with Crippen LogP contribution in [0.1, 0.15) is 28.2 Å². The quantitative estimate of drug-likeness (QED) is 0.325. The van der Waals surface area contributed by atoms with Crippen LogP contribution in [0.2, 0.25) is 0 Å². The molecular weight excluding hydrogens is 470 g/mol. The van der Waals surface area contributed by atoms with E-state index in [4.69, 9.17) is 19.2 Å². The summed E-state index contributed by atoms with van der Waals surface area (Å²) in [5, 5.41) is 4.06. The lowest BCUT2D eigenvalue weighted by atomic mass is 10.1. The Hall–Kier alpha value is -2.88. The van der Waals surface area contributed by atoms with E-state index in [0.29, 0.717) is 13.1 Å². The highest BCUT2D eigenvalue weighted by molar-refractivity contribution is 7.15. The Morgan fingerprint density at radius 2 is 2.18 bits per heavy atom. The van der Waals surface area contributed by atoms with Crippen LogP contribution in [-0.2, 0) is 11.2 Å². The maximum Gasteiger partial charge on any atom is 0.264 e. The van der Waals surface area contributed by atoms with Crippen molar-refractivity contribution in [3.63, 3.8) is 0 Å². The van der Waals surface area contributed by atoms with E-state index >= 15 is 0 Å². The van der Waals surface area contributed by atoms with Crippen molar-refractivity contribution in [3.8, 4) is 22.8 Å². The zero-order valence-electron chi connectivity index (χ0n) is 19.2. The van der Waals surface area contributed by atoms with Gasteiger partial charge >= 0.3 is 0 Å². The molecule has 0 radical (unpaired) electrons. The number of thiophene rings is 1. The predicted octanol–water partition coefficient (Wildman–Crippen LogP) is 5.01. The van der Waals surface area contributed by atoms with Gasteiger partial charge in [-0.3, -0.25) is 9.20 Å². The van der Waals surface area contributed by atoms with Crippen LogP contribution in [0, 0.1) is 0 Å². The molecule has 0 spiro atoms. The number of rotatable bonds is 9. The standard InChI is InChI=1S/C25H27N3O4S2/c1-30-18-7-8-22(31-2)20(13-18)21-15-28-17(16-34-25(28)26-21)9-10-27(14-19-5-3-11-32-19)24(29)23-6-4-12-33-23/h4,6-8,12-13,15-16,19H,3,5,9-11,14H2,1-2H3. The average Bonchev–Trinajstić information content (AvgIpc) is 3.66. The van der Waals surface area contributed by atoms with E-state index in [0.717, 1.165) is 64.2 Å².